The van der Waals surface area contributed by atoms with Crippen molar-refractivity contribution in [3.63, 3.8) is 0 Å². The number of aliphatic hydroxyl groups excluding tert-OH is 2. The van der Waals surface area contributed by atoms with Gasteiger partial charge in [-0.1, -0.05) is 0 Å². The summed E-state index contributed by atoms with van der Waals surface area (Å²) in [5, 5.41) is 17.6. The predicted octanol–water partition coefficient (Wildman–Crippen LogP) is -0.925. The fourth-order valence-corrected chi connectivity index (χ4v) is 1.03. The van der Waals surface area contributed by atoms with Crippen molar-refractivity contribution in [2.45, 2.75) is 25.6 Å². The van der Waals surface area contributed by atoms with E-state index in [-0.39, 0.29) is 13.2 Å². The molecule has 12 heavy (non-hydrogen) atoms. The van der Waals surface area contributed by atoms with Gasteiger partial charge in [-0.25, -0.2) is 0 Å². The van der Waals surface area contributed by atoms with Crippen molar-refractivity contribution in [2.75, 3.05) is 19.8 Å². The van der Waals surface area contributed by atoms with Crippen LogP contribution in [0.25, 0.3) is 0 Å². The Hall–Kier alpha value is -0.200. The summed E-state index contributed by atoms with van der Waals surface area (Å²) in [6.45, 7) is 1.20. The summed E-state index contributed by atoms with van der Waals surface area (Å²) < 4.78 is 15.2. The van der Waals surface area contributed by atoms with E-state index in [1.165, 1.54) is 0 Å². The van der Waals surface area contributed by atoms with Gasteiger partial charge in [-0.2, -0.15) is 0 Å². The Morgan fingerprint density at radius 2 is 1.67 bits per heavy atom. The zero-order chi connectivity index (χ0) is 8.97. The number of hydrogen-bond acceptors (Lipinski definition) is 5. The van der Waals surface area contributed by atoms with Crippen LogP contribution in [0.1, 0.15) is 6.92 Å². The predicted molar refractivity (Wildman–Crippen MR) is 39.3 cm³/mol. The van der Waals surface area contributed by atoms with Crippen molar-refractivity contribution in [3.05, 3.63) is 0 Å². The fourth-order valence-electron chi connectivity index (χ4n) is 1.03. The molecule has 1 fully saturated rings. The molecule has 1 heterocycles. The molecule has 72 valence electrons. The van der Waals surface area contributed by atoms with E-state index < -0.39 is 18.7 Å². The topological polar surface area (TPSA) is 68.2 Å². The third-order valence-electron chi connectivity index (χ3n) is 1.65. The van der Waals surface area contributed by atoms with Crippen LogP contribution in [0, 0.1) is 0 Å². The average molecular weight is 178 g/mol. The maximum absolute atomic E-state index is 8.78. The van der Waals surface area contributed by atoms with E-state index >= 15 is 0 Å². The Labute approximate surface area is 70.9 Å². The molecule has 0 aromatic heterocycles. The van der Waals surface area contributed by atoms with Crippen molar-refractivity contribution < 1.29 is 24.4 Å². The molecule has 0 bridgehead atoms. The van der Waals surface area contributed by atoms with E-state index in [9.17, 15) is 0 Å². The number of aliphatic hydroxyl groups is 2. The summed E-state index contributed by atoms with van der Waals surface area (Å²) in [6, 6.07) is 0. The average Bonchev–Trinajstić information content (AvgIpc) is 2.48. The Bertz CT molecular complexity index is 117. The Kier molecular flexibility index (Phi) is 3.90. The first-order valence-electron chi connectivity index (χ1n) is 3.96. The van der Waals surface area contributed by atoms with Crippen LogP contribution in [0.3, 0.4) is 0 Å². The first kappa shape index (κ1) is 9.88. The van der Waals surface area contributed by atoms with Crippen LogP contribution in [0.5, 0.6) is 0 Å². The summed E-state index contributed by atoms with van der Waals surface area (Å²) in [4.78, 5) is 0. The lowest BCUT2D eigenvalue weighted by atomic mass is 10.2. The number of ether oxygens (including phenoxy) is 3. The van der Waals surface area contributed by atoms with Crippen molar-refractivity contribution in [1.82, 2.24) is 0 Å². The van der Waals surface area contributed by atoms with Crippen molar-refractivity contribution in [2.24, 2.45) is 0 Å². The molecule has 3 atom stereocenters. The first-order valence-corrected chi connectivity index (χ1v) is 3.96. The zero-order valence-corrected chi connectivity index (χ0v) is 6.97. The molecule has 0 aliphatic carbocycles. The second kappa shape index (κ2) is 4.74. The third kappa shape index (κ3) is 2.15. The fraction of sp³-hybridized carbons (Fsp3) is 1.00. The van der Waals surface area contributed by atoms with Crippen LogP contribution in [-0.4, -0.2) is 48.7 Å². The van der Waals surface area contributed by atoms with Gasteiger partial charge in [-0.3, -0.25) is 0 Å². The van der Waals surface area contributed by atoms with Crippen molar-refractivity contribution in [1.29, 1.82) is 0 Å². The van der Waals surface area contributed by atoms with Gasteiger partial charge in [0.05, 0.1) is 13.2 Å². The van der Waals surface area contributed by atoms with Crippen LogP contribution in [0.4, 0.5) is 0 Å². The highest BCUT2D eigenvalue weighted by Crippen LogP contribution is 2.19. The lowest BCUT2D eigenvalue weighted by Crippen LogP contribution is -2.29. The van der Waals surface area contributed by atoms with Gasteiger partial charge in [0.25, 0.3) is 6.48 Å². The van der Waals surface area contributed by atoms with Gasteiger partial charge in [-0.15, -0.1) is 0 Å². The molecular weight excluding hydrogens is 164 g/mol. The highest BCUT2D eigenvalue weighted by molar-refractivity contribution is 4.73. The molecule has 0 radical (unpaired) electrons. The molecule has 5 nitrogen and oxygen atoms in total. The Morgan fingerprint density at radius 3 is 2.00 bits per heavy atom. The first-order chi connectivity index (χ1) is 5.81. The molecule has 1 unspecified atom stereocenters. The maximum Gasteiger partial charge on any atom is 0.272 e. The molecule has 1 aliphatic heterocycles. The molecular formula is C7H14O5. The summed E-state index contributed by atoms with van der Waals surface area (Å²) in [6.07, 6.45) is -0.960. The van der Waals surface area contributed by atoms with Crippen LogP contribution in [-0.2, 0) is 14.2 Å². The Balaban J connectivity index is 2.36. The molecule has 1 saturated heterocycles. The second-order valence-corrected chi connectivity index (χ2v) is 2.46. The van der Waals surface area contributed by atoms with E-state index in [4.69, 9.17) is 24.4 Å². The molecule has 0 saturated carbocycles. The summed E-state index contributed by atoms with van der Waals surface area (Å²) in [5.41, 5.74) is 0. The van der Waals surface area contributed by atoms with Gasteiger partial charge in [0.1, 0.15) is 12.2 Å². The van der Waals surface area contributed by atoms with Crippen LogP contribution in [0.2, 0.25) is 0 Å². The van der Waals surface area contributed by atoms with E-state index in [0.29, 0.717) is 6.61 Å². The molecule has 2 N–H and O–H groups in total. The third-order valence-corrected chi connectivity index (χ3v) is 1.65. The monoisotopic (exact) mass is 178 g/mol. The van der Waals surface area contributed by atoms with Gasteiger partial charge in [0.2, 0.25) is 0 Å². The molecule has 0 aromatic carbocycles. The highest BCUT2D eigenvalue weighted by Gasteiger charge is 2.35. The number of rotatable bonds is 4. The van der Waals surface area contributed by atoms with Crippen molar-refractivity contribution in [3.8, 4) is 0 Å². The SMILES string of the molecule is CCOC1O[C@@H](CO)[C@@H](CO)O1. The van der Waals surface area contributed by atoms with E-state index in [1.807, 2.05) is 6.92 Å². The van der Waals surface area contributed by atoms with E-state index in [1.54, 1.807) is 0 Å². The van der Waals surface area contributed by atoms with Gasteiger partial charge < -0.3 is 24.4 Å². The highest BCUT2D eigenvalue weighted by atomic mass is 16.9. The zero-order valence-electron chi connectivity index (χ0n) is 6.97. The molecule has 1 aliphatic rings. The summed E-state index contributed by atoms with van der Waals surface area (Å²) in [7, 11) is 0. The minimum atomic E-state index is -0.746. The molecule has 0 spiro atoms. The van der Waals surface area contributed by atoms with Crippen molar-refractivity contribution >= 4 is 0 Å². The minimum Gasteiger partial charge on any atom is -0.394 e. The molecule has 5 heteroatoms. The quantitative estimate of drug-likeness (QED) is 0.582. The molecule has 0 amide bonds. The summed E-state index contributed by atoms with van der Waals surface area (Å²) >= 11 is 0. The molecule has 1 rings (SSSR count). The normalized spacial score (nSPS) is 35.8. The van der Waals surface area contributed by atoms with Gasteiger partial charge >= 0.3 is 0 Å². The van der Waals surface area contributed by atoms with E-state index in [0.717, 1.165) is 0 Å². The second-order valence-electron chi connectivity index (χ2n) is 2.46. The summed E-state index contributed by atoms with van der Waals surface area (Å²) in [5.74, 6) is 0. The van der Waals surface area contributed by atoms with Crippen LogP contribution >= 0.6 is 0 Å². The van der Waals surface area contributed by atoms with Gasteiger partial charge in [0, 0.05) is 6.61 Å². The lowest BCUT2D eigenvalue weighted by molar-refractivity contribution is -0.242. The minimum absolute atomic E-state index is 0.172. The molecule has 0 aromatic rings. The standard InChI is InChI=1S/C7H14O5/c1-2-10-7-11-5(3-8)6(4-9)12-7/h5-9H,2-4H2,1H3/t5-,6+,7?. The van der Waals surface area contributed by atoms with E-state index in [2.05, 4.69) is 0 Å². The largest absolute Gasteiger partial charge is 0.394 e. The number of hydrogen-bond donors (Lipinski definition) is 2. The van der Waals surface area contributed by atoms with Gasteiger partial charge in [0.15, 0.2) is 0 Å². The van der Waals surface area contributed by atoms with Gasteiger partial charge in [-0.05, 0) is 6.92 Å². The Morgan fingerprint density at radius 1 is 1.17 bits per heavy atom. The maximum atomic E-state index is 8.78. The smallest absolute Gasteiger partial charge is 0.272 e. The lowest BCUT2D eigenvalue weighted by Gasteiger charge is -2.09. The van der Waals surface area contributed by atoms with Crippen LogP contribution in [0.15, 0.2) is 0 Å². The van der Waals surface area contributed by atoms with Crippen LogP contribution < -0.4 is 0 Å².